The van der Waals surface area contributed by atoms with Crippen molar-refractivity contribution in [2.45, 2.75) is 26.7 Å². The molecular weight excluding hydrogens is 160 g/mol. The van der Waals surface area contributed by atoms with Crippen molar-refractivity contribution >= 4 is 0 Å². The largest absolute Gasteiger partial charge is 0.317 e. The van der Waals surface area contributed by atoms with Crippen molar-refractivity contribution in [2.75, 3.05) is 33.2 Å². The van der Waals surface area contributed by atoms with Crippen LogP contribution < -0.4 is 5.32 Å². The fourth-order valence-electron chi connectivity index (χ4n) is 2.36. The van der Waals surface area contributed by atoms with E-state index >= 15 is 0 Å². The van der Waals surface area contributed by atoms with E-state index in [0.29, 0.717) is 0 Å². The third-order valence-corrected chi connectivity index (χ3v) is 3.14. The Morgan fingerprint density at radius 2 is 1.54 bits per heavy atom. The highest BCUT2D eigenvalue weighted by atomic mass is 15.2. The van der Waals surface area contributed by atoms with Gasteiger partial charge in [-0.2, -0.15) is 0 Å². The summed E-state index contributed by atoms with van der Waals surface area (Å²) >= 11 is 0. The molecule has 2 aliphatic rings. The summed E-state index contributed by atoms with van der Waals surface area (Å²) in [6, 6.07) is 0. The molecule has 0 amide bonds. The third-order valence-electron chi connectivity index (χ3n) is 3.14. The molecule has 0 spiro atoms. The Kier molecular flexibility index (Phi) is 4.74. The molecule has 0 bridgehead atoms. The first-order chi connectivity index (χ1) is 6.36. The van der Waals surface area contributed by atoms with Crippen LogP contribution in [-0.4, -0.2) is 38.1 Å². The summed E-state index contributed by atoms with van der Waals surface area (Å²) in [5.41, 5.74) is 0. The molecule has 0 aromatic heterocycles. The molecule has 0 saturated carbocycles. The normalized spacial score (nSPS) is 26.1. The van der Waals surface area contributed by atoms with Crippen molar-refractivity contribution in [3.05, 3.63) is 0 Å². The molecule has 0 unspecified atom stereocenters. The van der Waals surface area contributed by atoms with Crippen molar-refractivity contribution in [2.24, 2.45) is 11.8 Å². The molecule has 0 aromatic carbocycles. The smallest absolute Gasteiger partial charge is 0.00216 e. The number of hydrogen-bond acceptors (Lipinski definition) is 2. The van der Waals surface area contributed by atoms with Crippen molar-refractivity contribution in [3.8, 4) is 0 Å². The van der Waals surface area contributed by atoms with Crippen LogP contribution in [0.25, 0.3) is 0 Å². The van der Waals surface area contributed by atoms with Gasteiger partial charge in [-0.3, -0.25) is 0 Å². The van der Waals surface area contributed by atoms with Gasteiger partial charge in [0.2, 0.25) is 0 Å². The van der Waals surface area contributed by atoms with Crippen LogP contribution in [0.4, 0.5) is 0 Å². The van der Waals surface area contributed by atoms with Crippen LogP contribution in [0.1, 0.15) is 26.7 Å². The van der Waals surface area contributed by atoms with Gasteiger partial charge < -0.3 is 10.2 Å². The predicted molar refractivity (Wildman–Crippen MR) is 57.9 cm³/mol. The molecular formula is C11H24N2. The average molecular weight is 184 g/mol. The lowest BCUT2D eigenvalue weighted by molar-refractivity contribution is 0.0684. The maximum atomic E-state index is 3.42. The Labute approximate surface area is 82.7 Å². The van der Waals surface area contributed by atoms with Crippen molar-refractivity contribution < 1.29 is 0 Å². The second-order valence-corrected chi connectivity index (χ2v) is 4.07. The Bertz CT molecular complexity index is 124. The highest BCUT2D eigenvalue weighted by Gasteiger charge is 2.31. The first-order valence-electron chi connectivity index (χ1n) is 5.75. The van der Waals surface area contributed by atoms with Gasteiger partial charge in [-0.1, -0.05) is 13.8 Å². The number of hydrogen-bond donors (Lipinski definition) is 1. The third kappa shape index (κ3) is 2.96. The number of likely N-dealkylation sites (tertiary alicyclic amines) is 1. The lowest BCUT2D eigenvalue weighted by Crippen LogP contribution is -2.49. The van der Waals surface area contributed by atoms with Crippen LogP contribution in [0.2, 0.25) is 0 Å². The molecule has 2 fully saturated rings. The molecule has 0 radical (unpaired) electrons. The van der Waals surface area contributed by atoms with Crippen molar-refractivity contribution in [1.82, 2.24) is 10.2 Å². The predicted octanol–water partition coefficient (Wildman–Crippen LogP) is 1.57. The highest BCUT2D eigenvalue weighted by molar-refractivity contribution is 4.85. The lowest BCUT2D eigenvalue weighted by atomic mass is 9.80. The number of piperidine rings is 1. The first kappa shape index (κ1) is 11.0. The zero-order valence-electron chi connectivity index (χ0n) is 9.34. The summed E-state index contributed by atoms with van der Waals surface area (Å²) in [6.45, 7) is 9.21. The Hall–Kier alpha value is -0.0800. The molecule has 0 aliphatic carbocycles. The van der Waals surface area contributed by atoms with Crippen LogP contribution in [-0.2, 0) is 0 Å². The molecule has 13 heavy (non-hydrogen) atoms. The van der Waals surface area contributed by atoms with E-state index in [0.717, 1.165) is 11.8 Å². The Morgan fingerprint density at radius 1 is 1.00 bits per heavy atom. The maximum Gasteiger partial charge on any atom is 0.00216 e. The minimum atomic E-state index is 1.03. The molecule has 0 atom stereocenters. The van der Waals surface area contributed by atoms with E-state index in [4.69, 9.17) is 0 Å². The molecule has 0 aromatic rings. The second kappa shape index (κ2) is 5.61. The Balaban J connectivity index is 0.000000396. The van der Waals surface area contributed by atoms with Gasteiger partial charge in [0.05, 0.1) is 0 Å². The van der Waals surface area contributed by atoms with Gasteiger partial charge in [0.1, 0.15) is 0 Å². The van der Waals surface area contributed by atoms with Gasteiger partial charge in [0, 0.05) is 13.1 Å². The fourth-order valence-corrected chi connectivity index (χ4v) is 2.36. The van der Waals surface area contributed by atoms with Gasteiger partial charge in [-0.25, -0.2) is 0 Å². The molecule has 2 rings (SSSR count). The molecule has 78 valence electrons. The van der Waals surface area contributed by atoms with Gasteiger partial charge in [0.15, 0.2) is 0 Å². The van der Waals surface area contributed by atoms with Crippen LogP contribution in [0, 0.1) is 11.8 Å². The number of rotatable bonds is 1. The highest BCUT2D eigenvalue weighted by Crippen LogP contribution is 2.28. The number of nitrogens with zero attached hydrogens (tertiary/aromatic N) is 1. The summed E-state index contributed by atoms with van der Waals surface area (Å²) in [7, 11) is 2.22. The molecule has 2 heteroatoms. The summed E-state index contributed by atoms with van der Waals surface area (Å²) in [4.78, 5) is 2.42. The second-order valence-electron chi connectivity index (χ2n) is 4.07. The molecule has 1 N–H and O–H groups in total. The van der Waals surface area contributed by atoms with Gasteiger partial charge in [-0.05, 0) is 44.8 Å². The fraction of sp³-hybridized carbons (Fsp3) is 1.00. The Morgan fingerprint density at radius 3 is 2.00 bits per heavy atom. The topological polar surface area (TPSA) is 15.3 Å². The quantitative estimate of drug-likeness (QED) is 0.665. The summed E-state index contributed by atoms with van der Waals surface area (Å²) < 4.78 is 0. The zero-order chi connectivity index (χ0) is 9.68. The monoisotopic (exact) mass is 184 g/mol. The minimum absolute atomic E-state index is 1.03. The van der Waals surface area contributed by atoms with Gasteiger partial charge >= 0.3 is 0 Å². The lowest BCUT2D eigenvalue weighted by Gasteiger charge is -2.42. The van der Waals surface area contributed by atoms with Gasteiger partial charge in [-0.15, -0.1) is 0 Å². The molecule has 2 heterocycles. The average Bonchev–Trinajstić information content (AvgIpc) is 2.18. The van der Waals surface area contributed by atoms with Crippen LogP contribution in [0.5, 0.6) is 0 Å². The molecule has 2 nitrogen and oxygen atoms in total. The van der Waals surface area contributed by atoms with Gasteiger partial charge in [0.25, 0.3) is 0 Å². The molecule has 2 saturated heterocycles. The number of nitrogens with one attached hydrogen (secondary N) is 1. The van der Waals surface area contributed by atoms with E-state index in [1.807, 2.05) is 13.8 Å². The summed E-state index contributed by atoms with van der Waals surface area (Å²) in [5, 5.41) is 3.42. The van der Waals surface area contributed by atoms with Crippen molar-refractivity contribution in [3.63, 3.8) is 0 Å². The van der Waals surface area contributed by atoms with E-state index in [2.05, 4.69) is 17.3 Å². The molecule has 2 aliphatic heterocycles. The standard InChI is InChI=1S/C9H18N2.C2H6/c1-11-6-9(7-11)8-2-4-10-5-3-8;1-2/h8-10H,2-7H2,1H3;1-2H3. The van der Waals surface area contributed by atoms with Crippen molar-refractivity contribution in [1.29, 1.82) is 0 Å². The zero-order valence-corrected chi connectivity index (χ0v) is 9.34. The maximum absolute atomic E-state index is 3.42. The van der Waals surface area contributed by atoms with Crippen LogP contribution in [0.15, 0.2) is 0 Å². The van der Waals surface area contributed by atoms with E-state index in [9.17, 15) is 0 Å². The summed E-state index contributed by atoms with van der Waals surface area (Å²) in [6.07, 6.45) is 2.83. The van der Waals surface area contributed by atoms with E-state index in [1.165, 1.54) is 39.0 Å². The van der Waals surface area contributed by atoms with Crippen LogP contribution in [0.3, 0.4) is 0 Å². The van der Waals surface area contributed by atoms with E-state index in [1.54, 1.807) is 0 Å². The summed E-state index contributed by atoms with van der Waals surface area (Å²) in [5.74, 6) is 2.06. The minimum Gasteiger partial charge on any atom is -0.317 e. The van der Waals surface area contributed by atoms with E-state index < -0.39 is 0 Å². The van der Waals surface area contributed by atoms with E-state index in [-0.39, 0.29) is 0 Å². The first-order valence-corrected chi connectivity index (χ1v) is 5.75. The SMILES string of the molecule is CC.CN1CC(C2CCNCC2)C1. The van der Waals surface area contributed by atoms with Crippen LogP contribution >= 0.6 is 0 Å².